The van der Waals surface area contributed by atoms with Crippen LogP contribution in [0.15, 0.2) is 30.6 Å². The van der Waals surface area contributed by atoms with E-state index in [0.717, 1.165) is 22.8 Å². The Balaban J connectivity index is 2.26. The van der Waals surface area contributed by atoms with E-state index in [-0.39, 0.29) is 5.75 Å². The molecule has 0 saturated heterocycles. The van der Waals surface area contributed by atoms with Crippen LogP contribution in [0.5, 0.6) is 5.75 Å². The zero-order valence-corrected chi connectivity index (χ0v) is 10.1. The molecule has 0 fully saturated rings. The molecule has 0 spiro atoms. The molecular formula is C12H14NO3P. The monoisotopic (exact) mass is 251 g/mol. The van der Waals surface area contributed by atoms with Gasteiger partial charge in [0.1, 0.15) is 5.75 Å². The fourth-order valence-electron chi connectivity index (χ4n) is 1.86. The van der Waals surface area contributed by atoms with Crippen LogP contribution in [0.1, 0.15) is 12.0 Å². The summed E-state index contributed by atoms with van der Waals surface area (Å²) >= 11 is 0. The van der Waals surface area contributed by atoms with Crippen molar-refractivity contribution >= 4 is 19.1 Å². The number of rotatable bonds is 4. The van der Waals surface area contributed by atoms with E-state index in [4.69, 9.17) is 9.79 Å². The number of aromatic hydroxyl groups is 1. The summed E-state index contributed by atoms with van der Waals surface area (Å²) in [6.07, 6.45) is 5.26. The van der Waals surface area contributed by atoms with Gasteiger partial charge in [-0.1, -0.05) is 6.07 Å². The Bertz CT molecular complexity index is 516. The molecule has 2 rings (SSSR count). The number of pyridine rings is 1. The molecule has 0 amide bonds. The second-order valence-electron chi connectivity index (χ2n) is 3.86. The molecule has 2 aromatic rings. The van der Waals surface area contributed by atoms with Crippen molar-refractivity contribution in [3.05, 3.63) is 36.2 Å². The summed E-state index contributed by atoms with van der Waals surface area (Å²) in [7, 11) is -1.81. The van der Waals surface area contributed by atoms with Gasteiger partial charge in [-0.05, 0) is 30.5 Å². The van der Waals surface area contributed by atoms with Crippen LogP contribution in [0, 0.1) is 0 Å². The van der Waals surface area contributed by atoms with Gasteiger partial charge in [-0.15, -0.1) is 0 Å². The van der Waals surface area contributed by atoms with E-state index in [0.29, 0.717) is 12.6 Å². The van der Waals surface area contributed by atoms with Crippen LogP contribution in [0.2, 0.25) is 0 Å². The van der Waals surface area contributed by atoms with Crippen molar-refractivity contribution in [1.82, 2.24) is 4.98 Å². The number of phenols is 1. The minimum atomic E-state index is -1.81. The average Bonchev–Trinajstić information content (AvgIpc) is 2.32. The molecule has 1 aromatic carbocycles. The number of aryl methyl sites for hydroxylation is 1. The summed E-state index contributed by atoms with van der Waals surface area (Å²) < 4.78 is 0. The summed E-state index contributed by atoms with van der Waals surface area (Å²) in [5.41, 5.74) is 1.07. The van der Waals surface area contributed by atoms with Crippen LogP contribution < -0.4 is 0 Å². The van der Waals surface area contributed by atoms with E-state index in [9.17, 15) is 5.11 Å². The van der Waals surface area contributed by atoms with Gasteiger partial charge in [-0.25, -0.2) is 0 Å². The van der Waals surface area contributed by atoms with Gasteiger partial charge < -0.3 is 14.9 Å². The van der Waals surface area contributed by atoms with Gasteiger partial charge in [0.15, 0.2) is 8.38 Å². The minimum absolute atomic E-state index is 0.248. The highest BCUT2D eigenvalue weighted by Gasteiger charge is 2.06. The molecule has 0 saturated carbocycles. The first kappa shape index (κ1) is 12.2. The molecule has 1 heterocycles. The fourth-order valence-corrected chi connectivity index (χ4v) is 2.30. The average molecular weight is 251 g/mol. The topological polar surface area (TPSA) is 73.6 Å². The molecule has 0 radical (unpaired) electrons. The molecule has 17 heavy (non-hydrogen) atoms. The lowest BCUT2D eigenvalue weighted by atomic mass is 10.0. The van der Waals surface area contributed by atoms with Gasteiger partial charge in [0, 0.05) is 29.3 Å². The molecule has 0 atom stereocenters. The van der Waals surface area contributed by atoms with Crippen molar-refractivity contribution < 1.29 is 14.9 Å². The number of hydrogen-bond acceptors (Lipinski definition) is 4. The molecule has 1 aromatic heterocycles. The first-order valence-corrected chi connectivity index (χ1v) is 6.81. The Labute approximate surface area is 100 Å². The molecule has 0 aliphatic heterocycles. The maximum Gasteiger partial charge on any atom is 0.164 e. The van der Waals surface area contributed by atoms with Gasteiger partial charge in [0.2, 0.25) is 0 Å². The Morgan fingerprint density at radius 2 is 1.94 bits per heavy atom. The second-order valence-corrected chi connectivity index (χ2v) is 5.06. The molecule has 5 heteroatoms. The third-order valence-corrected chi connectivity index (χ3v) is 3.41. The van der Waals surface area contributed by atoms with E-state index in [1.807, 2.05) is 6.07 Å². The van der Waals surface area contributed by atoms with Crippen LogP contribution in [-0.2, 0) is 6.42 Å². The molecule has 90 valence electrons. The SMILES string of the molecule is Oc1ccc(CCCP(O)O)c2cnccc12. The number of aromatic nitrogens is 1. The summed E-state index contributed by atoms with van der Waals surface area (Å²) in [5, 5.41) is 11.4. The van der Waals surface area contributed by atoms with Crippen LogP contribution in [0.25, 0.3) is 10.8 Å². The van der Waals surface area contributed by atoms with Crippen molar-refractivity contribution in [2.24, 2.45) is 0 Å². The molecule has 3 N–H and O–H groups in total. The predicted molar refractivity (Wildman–Crippen MR) is 68.0 cm³/mol. The van der Waals surface area contributed by atoms with Gasteiger partial charge in [-0.3, -0.25) is 4.98 Å². The summed E-state index contributed by atoms with van der Waals surface area (Å²) in [6.45, 7) is 0. The number of benzene rings is 1. The lowest BCUT2D eigenvalue weighted by Crippen LogP contribution is -1.91. The molecule has 0 unspecified atom stereocenters. The predicted octanol–water partition coefficient (Wildman–Crippen LogP) is 2.17. The second kappa shape index (κ2) is 5.41. The van der Waals surface area contributed by atoms with Gasteiger partial charge in [0.25, 0.3) is 0 Å². The van der Waals surface area contributed by atoms with E-state index in [1.54, 1.807) is 24.5 Å². The number of fused-ring (bicyclic) bond motifs is 1. The van der Waals surface area contributed by atoms with E-state index < -0.39 is 8.38 Å². The van der Waals surface area contributed by atoms with Crippen LogP contribution in [-0.4, -0.2) is 26.0 Å². The van der Waals surface area contributed by atoms with Crippen molar-refractivity contribution in [3.8, 4) is 5.75 Å². The summed E-state index contributed by atoms with van der Waals surface area (Å²) in [4.78, 5) is 21.8. The maximum atomic E-state index is 9.70. The van der Waals surface area contributed by atoms with Crippen LogP contribution in [0.4, 0.5) is 0 Å². The standard InChI is InChI=1S/C12H14NO3P/c14-12-4-3-9(2-1-7-17(15)16)11-8-13-6-5-10(11)12/h3-6,8,14-16H,1-2,7H2. The molecule has 0 aliphatic carbocycles. The van der Waals surface area contributed by atoms with Gasteiger partial charge in [0.05, 0.1) is 0 Å². The number of hydrogen-bond donors (Lipinski definition) is 3. The third-order valence-electron chi connectivity index (χ3n) is 2.69. The summed E-state index contributed by atoms with van der Waals surface area (Å²) in [5.74, 6) is 0.248. The van der Waals surface area contributed by atoms with Crippen molar-refractivity contribution in [2.45, 2.75) is 12.8 Å². The van der Waals surface area contributed by atoms with Gasteiger partial charge in [-0.2, -0.15) is 0 Å². The Hall–Kier alpha value is -1.22. The Morgan fingerprint density at radius 3 is 2.71 bits per heavy atom. The number of phenolic OH excluding ortho intramolecular Hbond substituents is 1. The fraction of sp³-hybridized carbons (Fsp3) is 0.250. The minimum Gasteiger partial charge on any atom is -0.507 e. The van der Waals surface area contributed by atoms with Crippen molar-refractivity contribution in [3.63, 3.8) is 0 Å². The van der Waals surface area contributed by atoms with E-state index in [1.165, 1.54) is 0 Å². The normalized spacial score (nSPS) is 11.2. The molecular weight excluding hydrogens is 237 g/mol. The van der Waals surface area contributed by atoms with E-state index >= 15 is 0 Å². The Morgan fingerprint density at radius 1 is 1.12 bits per heavy atom. The first-order valence-electron chi connectivity index (χ1n) is 5.38. The largest absolute Gasteiger partial charge is 0.507 e. The lowest BCUT2D eigenvalue weighted by Gasteiger charge is -2.08. The zero-order valence-electron chi connectivity index (χ0n) is 9.24. The van der Waals surface area contributed by atoms with Gasteiger partial charge >= 0.3 is 0 Å². The smallest absolute Gasteiger partial charge is 0.164 e. The van der Waals surface area contributed by atoms with Crippen LogP contribution in [0.3, 0.4) is 0 Å². The highest BCUT2D eigenvalue weighted by Crippen LogP contribution is 2.29. The quantitative estimate of drug-likeness (QED) is 0.728. The summed E-state index contributed by atoms with van der Waals surface area (Å²) in [6, 6.07) is 5.30. The zero-order chi connectivity index (χ0) is 12.3. The molecule has 4 nitrogen and oxygen atoms in total. The molecule has 0 aliphatic rings. The highest BCUT2D eigenvalue weighted by atomic mass is 31.2. The van der Waals surface area contributed by atoms with Crippen LogP contribution >= 0.6 is 8.38 Å². The molecule has 0 bridgehead atoms. The van der Waals surface area contributed by atoms with Crippen molar-refractivity contribution in [2.75, 3.05) is 6.16 Å². The maximum absolute atomic E-state index is 9.70. The number of nitrogens with zero attached hydrogens (tertiary/aromatic N) is 1. The lowest BCUT2D eigenvalue weighted by molar-refractivity contribution is 0.479. The Kier molecular flexibility index (Phi) is 3.89. The van der Waals surface area contributed by atoms with E-state index in [2.05, 4.69) is 4.98 Å². The first-order chi connectivity index (χ1) is 8.18. The third kappa shape index (κ3) is 2.91. The highest BCUT2D eigenvalue weighted by molar-refractivity contribution is 7.45. The van der Waals surface area contributed by atoms with Crippen molar-refractivity contribution in [1.29, 1.82) is 0 Å².